The minimum absolute atomic E-state index is 0.0931. The maximum Gasteiger partial charge on any atom is 0.324 e. The lowest BCUT2D eigenvalue weighted by Gasteiger charge is -2.37. The van der Waals surface area contributed by atoms with E-state index in [9.17, 15) is 9.59 Å². The van der Waals surface area contributed by atoms with E-state index in [2.05, 4.69) is 5.32 Å². The largest absolute Gasteiger partial charge is 0.468 e. The Labute approximate surface area is 95.1 Å². The Bertz CT molecular complexity index is 286. The molecule has 1 saturated heterocycles. The number of hydrogen-bond donors (Lipinski definition) is 2. The zero-order valence-corrected chi connectivity index (χ0v) is 9.95. The van der Waals surface area contributed by atoms with Crippen molar-refractivity contribution >= 4 is 11.9 Å². The van der Waals surface area contributed by atoms with Gasteiger partial charge in [0.15, 0.2) is 0 Å². The number of nitrogens with two attached hydrogens (primary N) is 1. The lowest BCUT2D eigenvalue weighted by molar-refractivity contribution is -0.149. The van der Waals surface area contributed by atoms with Gasteiger partial charge in [0.1, 0.15) is 6.04 Å². The molecule has 1 rings (SSSR count). The number of methoxy groups -OCH3 is 1. The van der Waals surface area contributed by atoms with Gasteiger partial charge in [-0.15, -0.1) is 0 Å². The van der Waals surface area contributed by atoms with Crippen LogP contribution in [-0.4, -0.2) is 55.1 Å². The number of rotatable bonds is 3. The molecule has 1 unspecified atom stereocenters. The Balaban J connectivity index is 2.73. The Morgan fingerprint density at radius 2 is 2.31 bits per heavy atom. The van der Waals surface area contributed by atoms with E-state index in [1.165, 1.54) is 7.11 Å². The van der Waals surface area contributed by atoms with E-state index in [0.717, 1.165) is 0 Å². The Morgan fingerprint density at radius 3 is 2.81 bits per heavy atom. The summed E-state index contributed by atoms with van der Waals surface area (Å²) < 4.78 is 4.70. The van der Waals surface area contributed by atoms with Crippen molar-refractivity contribution in [3.63, 3.8) is 0 Å². The quantitative estimate of drug-likeness (QED) is 0.587. The average Bonchev–Trinajstić information content (AvgIpc) is 2.14. The van der Waals surface area contributed by atoms with Crippen molar-refractivity contribution in [2.45, 2.75) is 25.4 Å². The second kappa shape index (κ2) is 4.80. The number of nitrogens with zero attached hydrogens (tertiary/aromatic N) is 1. The van der Waals surface area contributed by atoms with Gasteiger partial charge in [-0.05, 0) is 13.8 Å². The van der Waals surface area contributed by atoms with Crippen LogP contribution in [-0.2, 0) is 14.3 Å². The highest BCUT2D eigenvalue weighted by Crippen LogP contribution is 2.10. The second-order valence-electron chi connectivity index (χ2n) is 4.74. The maximum atomic E-state index is 11.5. The number of hydrogen-bond acceptors (Lipinski definition) is 5. The summed E-state index contributed by atoms with van der Waals surface area (Å²) in [5, 5.41) is 2.64. The number of piperazine rings is 1. The van der Waals surface area contributed by atoms with Gasteiger partial charge in [0.2, 0.25) is 5.91 Å². The zero-order chi connectivity index (χ0) is 12.3. The molecule has 1 atom stereocenters. The van der Waals surface area contributed by atoms with Crippen molar-refractivity contribution < 1.29 is 14.3 Å². The van der Waals surface area contributed by atoms with E-state index in [-0.39, 0.29) is 25.0 Å². The number of esters is 1. The smallest absolute Gasteiger partial charge is 0.324 e. The predicted molar refractivity (Wildman–Crippen MR) is 58.7 cm³/mol. The van der Waals surface area contributed by atoms with E-state index >= 15 is 0 Å². The Kier molecular flexibility index (Phi) is 3.88. The fourth-order valence-electron chi connectivity index (χ4n) is 1.75. The van der Waals surface area contributed by atoms with Crippen LogP contribution >= 0.6 is 0 Å². The molecule has 0 aromatic rings. The van der Waals surface area contributed by atoms with E-state index in [1.54, 1.807) is 4.90 Å². The van der Waals surface area contributed by atoms with Gasteiger partial charge in [-0.25, -0.2) is 0 Å². The molecule has 16 heavy (non-hydrogen) atoms. The van der Waals surface area contributed by atoms with Crippen LogP contribution in [0.1, 0.15) is 13.8 Å². The van der Waals surface area contributed by atoms with Crippen molar-refractivity contribution in [1.29, 1.82) is 0 Å². The fraction of sp³-hybridized carbons (Fsp3) is 0.800. The molecule has 1 aliphatic heterocycles. The van der Waals surface area contributed by atoms with Crippen LogP contribution in [0.25, 0.3) is 0 Å². The predicted octanol–water partition coefficient (Wildman–Crippen LogP) is -1.30. The molecule has 0 spiro atoms. The van der Waals surface area contributed by atoms with Gasteiger partial charge < -0.3 is 15.8 Å². The Morgan fingerprint density at radius 1 is 1.69 bits per heavy atom. The van der Waals surface area contributed by atoms with Gasteiger partial charge in [0.05, 0.1) is 13.7 Å². The minimum atomic E-state index is -0.454. The highest BCUT2D eigenvalue weighted by molar-refractivity contribution is 5.83. The molecule has 0 aliphatic carbocycles. The third-order valence-corrected chi connectivity index (χ3v) is 2.36. The standard InChI is InChI=1S/C10H19N3O3/c1-10(2,11)6-13-5-8(14)12-4-7(13)9(15)16-3/h7H,4-6,11H2,1-3H3,(H,12,14). The van der Waals surface area contributed by atoms with Crippen LogP contribution in [0, 0.1) is 0 Å². The van der Waals surface area contributed by atoms with Gasteiger partial charge in [0, 0.05) is 18.6 Å². The molecule has 1 heterocycles. The molecule has 1 fully saturated rings. The highest BCUT2D eigenvalue weighted by atomic mass is 16.5. The number of carbonyl (C=O) groups is 2. The van der Waals surface area contributed by atoms with Crippen LogP contribution in [0.3, 0.4) is 0 Å². The first-order valence-corrected chi connectivity index (χ1v) is 5.21. The number of nitrogens with one attached hydrogen (secondary N) is 1. The Hall–Kier alpha value is -1.14. The van der Waals surface area contributed by atoms with Crippen LogP contribution in [0.4, 0.5) is 0 Å². The van der Waals surface area contributed by atoms with Crippen molar-refractivity contribution in [2.24, 2.45) is 5.73 Å². The fourth-order valence-corrected chi connectivity index (χ4v) is 1.75. The van der Waals surface area contributed by atoms with E-state index in [0.29, 0.717) is 6.54 Å². The zero-order valence-electron chi connectivity index (χ0n) is 9.95. The van der Waals surface area contributed by atoms with Crippen LogP contribution < -0.4 is 11.1 Å². The number of ether oxygens (including phenoxy) is 1. The van der Waals surface area contributed by atoms with Crippen molar-refractivity contribution in [2.75, 3.05) is 26.7 Å². The van der Waals surface area contributed by atoms with Gasteiger partial charge in [-0.1, -0.05) is 0 Å². The number of amides is 1. The van der Waals surface area contributed by atoms with E-state index < -0.39 is 11.6 Å². The van der Waals surface area contributed by atoms with Crippen molar-refractivity contribution in [1.82, 2.24) is 10.2 Å². The second-order valence-corrected chi connectivity index (χ2v) is 4.74. The van der Waals surface area contributed by atoms with Crippen molar-refractivity contribution in [3.8, 4) is 0 Å². The van der Waals surface area contributed by atoms with Crippen LogP contribution in [0.5, 0.6) is 0 Å². The van der Waals surface area contributed by atoms with Gasteiger partial charge in [-0.3, -0.25) is 14.5 Å². The van der Waals surface area contributed by atoms with Gasteiger partial charge in [-0.2, -0.15) is 0 Å². The molecule has 0 aromatic heterocycles. The molecular formula is C10H19N3O3. The molecule has 3 N–H and O–H groups in total. The molecule has 0 saturated carbocycles. The monoisotopic (exact) mass is 229 g/mol. The van der Waals surface area contributed by atoms with Crippen molar-refractivity contribution in [3.05, 3.63) is 0 Å². The molecule has 92 valence electrons. The normalized spacial score (nSPS) is 22.8. The molecule has 1 aliphatic rings. The maximum absolute atomic E-state index is 11.5. The molecule has 0 radical (unpaired) electrons. The minimum Gasteiger partial charge on any atom is -0.468 e. The van der Waals surface area contributed by atoms with Crippen LogP contribution in [0.2, 0.25) is 0 Å². The summed E-state index contributed by atoms with van der Waals surface area (Å²) >= 11 is 0. The summed E-state index contributed by atoms with van der Waals surface area (Å²) in [6.45, 7) is 4.64. The molecule has 0 aromatic carbocycles. The molecule has 6 heteroatoms. The third-order valence-electron chi connectivity index (χ3n) is 2.36. The first-order chi connectivity index (χ1) is 7.33. The average molecular weight is 229 g/mol. The SMILES string of the molecule is COC(=O)C1CNC(=O)CN1CC(C)(C)N. The molecule has 6 nitrogen and oxygen atoms in total. The summed E-state index contributed by atoms with van der Waals surface area (Å²) in [6.07, 6.45) is 0. The topological polar surface area (TPSA) is 84.7 Å². The van der Waals surface area contributed by atoms with Gasteiger partial charge in [0.25, 0.3) is 0 Å². The summed E-state index contributed by atoms with van der Waals surface area (Å²) in [5.41, 5.74) is 5.44. The molecule has 1 amide bonds. The van der Waals surface area contributed by atoms with Gasteiger partial charge >= 0.3 is 5.97 Å². The first-order valence-electron chi connectivity index (χ1n) is 5.21. The lowest BCUT2D eigenvalue weighted by Crippen LogP contribution is -2.61. The summed E-state index contributed by atoms with van der Waals surface area (Å²) in [5.74, 6) is -0.436. The third kappa shape index (κ3) is 3.46. The number of carbonyl (C=O) groups excluding carboxylic acids is 2. The van der Waals surface area contributed by atoms with Crippen LogP contribution in [0.15, 0.2) is 0 Å². The summed E-state index contributed by atoms with van der Waals surface area (Å²) in [6, 6.07) is -0.439. The van der Waals surface area contributed by atoms with E-state index in [1.807, 2.05) is 13.8 Å². The molecular weight excluding hydrogens is 210 g/mol. The van der Waals surface area contributed by atoms with E-state index in [4.69, 9.17) is 10.5 Å². The highest BCUT2D eigenvalue weighted by Gasteiger charge is 2.34. The summed E-state index contributed by atoms with van der Waals surface area (Å²) in [4.78, 5) is 24.5. The molecule has 0 bridgehead atoms. The first kappa shape index (κ1) is 12.9. The lowest BCUT2D eigenvalue weighted by atomic mass is 10.0. The summed E-state index contributed by atoms with van der Waals surface area (Å²) in [7, 11) is 1.34.